The van der Waals surface area contributed by atoms with Gasteiger partial charge in [0.2, 0.25) is 0 Å². The van der Waals surface area contributed by atoms with Crippen LogP contribution >= 0.6 is 0 Å². The minimum absolute atomic E-state index is 0.0713. The van der Waals surface area contributed by atoms with Gasteiger partial charge >= 0.3 is 12.1 Å². The van der Waals surface area contributed by atoms with E-state index < -0.39 is 18.1 Å². The van der Waals surface area contributed by atoms with Crippen molar-refractivity contribution in [1.82, 2.24) is 14.7 Å². The Hall–Kier alpha value is -3.61. The van der Waals surface area contributed by atoms with Crippen LogP contribution in [0.1, 0.15) is 54.8 Å². The molecule has 2 aliphatic rings. The van der Waals surface area contributed by atoms with Gasteiger partial charge < -0.3 is 9.84 Å². The molecule has 0 spiro atoms. The molecule has 1 fully saturated rings. The molecule has 7 heteroatoms. The van der Waals surface area contributed by atoms with Gasteiger partial charge in [0.25, 0.3) is 0 Å². The topological polar surface area (TPSA) is 84.7 Å². The van der Waals surface area contributed by atoms with E-state index in [1.807, 2.05) is 31.2 Å². The fourth-order valence-corrected chi connectivity index (χ4v) is 4.78. The Bertz CT molecular complexity index is 1140. The van der Waals surface area contributed by atoms with Crippen LogP contribution in [0.15, 0.2) is 60.9 Å². The largest absolute Gasteiger partial charge is 0.479 e. The number of rotatable bonds is 8. The summed E-state index contributed by atoms with van der Waals surface area (Å²) in [6.45, 7) is 2.89. The quantitative estimate of drug-likeness (QED) is 0.537. The Kier molecular flexibility index (Phi) is 5.62. The second-order valence-electron chi connectivity index (χ2n) is 8.72. The summed E-state index contributed by atoms with van der Waals surface area (Å²) in [5.74, 6) is -1.15. The third-order valence-corrected chi connectivity index (χ3v) is 6.42. The van der Waals surface area contributed by atoms with Crippen molar-refractivity contribution in [2.75, 3.05) is 6.61 Å². The van der Waals surface area contributed by atoms with Crippen molar-refractivity contribution in [3.63, 3.8) is 0 Å². The van der Waals surface area contributed by atoms with Gasteiger partial charge in [-0.1, -0.05) is 55.5 Å². The van der Waals surface area contributed by atoms with E-state index >= 15 is 0 Å². The van der Waals surface area contributed by atoms with E-state index in [1.165, 1.54) is 4.90 Å². The summed E-state index contributed by atoms with van der Waals surface area (Å²) < 4.78 is 7.52. The number of nitrogens with zero attached hydrogens (tertiary/aromatic N) is 3. The highest BCUT2D eigenvalue weighted by atomic mass is 16.6. The van der Waals surface area contributed by atoms with Crippen LogP contribution in [0.2, 0.25) is 0 Å². The van der Waals surface area contributed by atoms with E-state index in [9.17, 15) is 14.7 Å². The first kappa shape index (κ1) is 21.2. The molecular formula is C26H27N3O4. The Labute approximate surface area is 192 Å². The average Bonchev–Trinajstić information content (AvgIpc) is 3.47. The number of hydrogen-bond donors (Lipinski definition) is 1. The van der Waals surface area contributed by atoms with Gasteiger partial charge in [0.05, 0.1) is 6.20 Å². The molecule has 0 radical (unpaired) electrons. The second-order valence-corrected chi connectivity index (χ2v) is 8.72. The van der Waals surface area contributed by atoms with Crippen LogP contribution < -0.4 is 0 Å². The molecule has 33 heavy (non-hydrogen) atoms. The molecule has 1 unspecified atom stereocenters. The first-order chi connectivity index (χ1) is 16.1. The normalized spacial score (nSPS) is 15.5. The zero-order valence-corrected chi connectivity index (χ0v) is 18.6. The number of carbonyl (C=O) groups is 2. The summed E-state index contributed by atoms with van der Waals surface area (Å²) in [4.78, 5) is 26.9. The van der Waals surface area contributed by atoms with Crippen molar-refractivity contribution in [3.05, 3.63) is 77.6 Å². The van der Waals surface area contributed by atoms with Gasteiger partial charge in [-0.15, -0.1) is 0 Å². The maximum Gasteiger partial charge on any atom is 0.411 e. The molecule has 1 atom stereocenters. The number of carboxylic acids is 1. The predicted octanol–water partition coefficient (Wildman–Crippen LogP) is 4.83. The van der Waals surface area contributed by atoms with Crippen molar-refractivity contribution >= 4 is 12.1 Å². The second kappa shape index (κ2) is 8.73. The highest BCUT2D eigenvalue weighted by Crippen LogP contribution is 2.45. The summed E-state index contributed by atoms with van der Waals surface area (Å²) in [6, 6.07) is 15.1. The van der Waals surface area contributed by atoms with Crippen molar-refractivity contribution in [2.24, 2.45) is 0 Å². The molecule has 1 aromatic heterocycles. The Morgan fingerprint density at radius 3 is 2.33 bits per heavy atom. The van der Waals surface area contributed by atoms with Crippen molar-refractivity contribution in [3.8, 4) is 11.1 Å². The lowest BCUT2D eigenvalue weighted by atomic mass is 9.98. The Balaban J connectivity index is 1.38. The number of hydrogen-bond acceptors (Lipinski definition) is 4. The molecule has 0 saturated heterocycles. The maximum atomic E-state index is 13.3. The third-order valence-electron chi connectivity index (χ3n) is 6.42. The lowest BCUT2D eigenvalue weighted by molar-refractivity contribution is -0.143. The summed E-state index contributed by atoms with van der Waals surface area (Å²) in [7, 11) is 0. The van der Waals surface area contributed by atoms with Gasteiger partial charge in [-0.05, 0) is 41.5 Å². The fourth-order valence-electron chi connectivity index (χ4n) is 4.78. The molecule has 0 aliphatic heterocycles. The van der Waals surface area contributed by atoms with Crippen LogP contribution in [-0.4, -0.2) is 44.5 Å². The van der Waals surface area contributed by atoms with E-state index in [4.69, 9.17) is 4.74 Å². The van der Waals surface area contributed by atoms with Crippen LogP contribution in [0.3, 0.4) is 0 Å². The van der Waals surface area contributed by atoms with Gasteiger partial charge in [0.1, 0.15) is 6.61 Å². The van der Waals surface area contributed by atoms with Crippen LogP contribution in [0.4, 0.5) is 4.79 Å². The highest BCUT2D eigenvalue weighted by Gasteiger charge is 2.43. The smallest absolute Gasteiger partial charge is 0.411 e. The molecular weight excluding hydrogens is 418 g/mol. The molecule has 0 bridgehead atoms. The third kappa shape index (κ3) is 3.99. The van der Waals surface area contributed by atoms with Gasteiger partial charge in [-0.3, -0.25) is 9.58 Å². The number of ether oxygens (including phenoxy) is 1. The minimum Gasteiger partial charge on any atom is -0.479 e. The predicted molar refractivity (Wildman–Crippen MR) is 123 cm³/mol. The number of carbonyl (C=O) groups excluding carboxylic acids is 1. The summed E-state index contributed by atoms with van der Waals surface area (Å²) in [5, 5.41) is 14.3. The molecule has 2 aromatic carbocycles. The highest BCUT2D eigenvalue weighted by molar-refractivity contribution is 5.82. The van der Waals surface area contributed by atoms with Crippen LogP contribution in [0.25, 0.3) is 11.1 Å². The number of fused-ring (bicyclic) bond motifs is 3. The Morgan fingerprint density at radius 2 is 1.76 bits per heavy atom. The first-order valence-corrected chi connectivity index (χ1v) is 11.5. The molecule has 170 valence electrons. The molecule has 1 saturated carbocycles. The summed E-state index contributed by atoms with van der Waals surface area (Å²) in [5.41, 5.74) is 5.05. The minimum atomic E-state index is -1.11. The van der Waals surface area contributed by atoms with Crippen LogP contribution in [-0.2, 0) is 16.1 Å². The van der Waals surface area contributed by atoms with Crippen LogP contribution in [0.5, 0.6) is 0 Å². The lowest BCUT2D eigenvalue weighted by Crippen LogP contribution is -2.41. The van der Waals surface area contributed by atoms with E-state index in [2.05, 4.69) is 29.4 Å². The van der Waals surface area contributed by atoms with Crippen LogP contribution in [0, 0.1) is 0 Å². The van der Waals surface area contributed by atoms with E-state index in [1.54, 1.807) is 17.1 Å². The molecule has 7 nitrogen and oxygen atoms in total. The van der Waals surface area contributed by atoms with E-state index in [0.717, 1.165) is 41.5 Å². The standard InChI is InChI=1S/C26H27N3O4/c1-2-13-28-15-17(14-27-28)24(25(30)31)29(18-11-12-18)26(32)33-16-23-21-9-5-3-7-19(21)20-8-4-6-10-22(20)23/h3-10,14-15,18,23-24H,2,11-13,16H2,1H3,(H,30,31). The van der Waals surface area contributed by atoms with Crippen molar-refractivity contribution in [2.45, 2.75) is 50.7 Å². The zero-order valence-electron chi connectivity index (χ0n) is 18.6. The number of aromatic nitrogens is 2. The van der Waals surface area contributed by atoms with Gasteiger partial charge in [0, 0.05) is 30.3 Å². The summed E-state index contributed by atoms with van der Waals surface area (Å²) in [6.07, 6.45) is 5.11. The monoisotopic (exact) mass is 445 g/mol. The number of carboxylic acid groups (broad SMARTS) is 1. The number of aryl methyl sites for hydroxylation is 1. The Morgan fingerprint density at radius 1 is 1.12 bits per heavy atom. The van der Waals surface area contributed by atoms with Gasteiger partial charge in [-0.25, -0.2) is 9.59 Å². The van der Waals surface area contributed by atoms with E-state index in [-0.39, 0.29) is 18.6 Å². The zero-order chi connectivity index (χ0) is 22.9. The molecule has 1 heterocycles. The van der Waals surface area contributed by atoms with Gasteiger partial charge in [0.15, 0.2) is 6.04 Å². The SMILES string of the molecule is CCCn1cc(C(C(=O)O)N(C(=O)OCC2c3ccccc3-c3ccccc32)C2CC2)cn1. The number of benzene rings is 2. The lowest BCUT2D eigenvalue weighted by Gasteiger charge is -2.28. The molecule has 5 rings (SSSR count). The maximum absolute atomic E-state index is 13.3. The van der Waals surface area contributed by atoms with Crippen molar-refractivity contribution < 1.29 is 19.4 Å². The van der Waals surface area contributed by atoms with Crippen molar-refractivity contribution in [1.29, 1.82) is 0 Å². The average molecular weight is 446 g/mol. The molecule has 2 aliphatic carbocycles. The first-order valence-electron chi connectivity index (χ1n) is 11.5. The van der Waals surface area contributed by atoms with E-state index in [0.29, 0.717) is 12.1 Å². The molecule has 3 aromatic rings. The number of amides is 1. The molecule has 1 amide bonds. The molecule has 1 N–H and O–H groups in total. The summed E-state index contributed by atoms with van der Waals surface area (Å²) >= 11 is 0. The fraction of sp³-hybridized carbons (Fsp3) is 0.346. The number of aliphatic carboxylic acids is 1. The van der Waals surface area contributed by atoms with Gasteiger partial charge in [-0.2, -0.15) is 5.10 Å².